The van der Waals surface area contributed by atoms with Crippen molar-refractivity contribution >= 4 is 28.5 Å². The minimum absolute atomic E-state index is 0.0133. The van der Waals surface area contributed by atoms with E-state index < -0.39 is 0 Å². The van der Waals surface area contributed by atoms with Crippen molar-refractivity contribution in [2.75, 3.05) is 14.2 Å². The molecule has 33 heavy (non-hydrogen) atoms. The first-order valence-electron chi connectivity index (χ1n) is 11.0. The molecule has 0 aliphatic heterocycles. The molecule has 0 N–H and O–H groups in total. The molecule has 0 unspecified atom stereocenters. The van der Waals surface area contributed by atoms with Gasteiger partial charge >= 0.3 is 0 Å². The van der Waals surface area contributed by atoms with Crippen molar-refractivity contribution in [2.45, 2.75) is 19.4 Å². The number of benzene rings is 2. The van der Waals surface area contributed by atoms with Gasteiger partial charge in [-0.25, -0.2) is 4.98 Å². The van der Waals surface area contributed by atoms with Crippen LogP contribution >= 0.6 is 0 Å². The van der Waals surface area contributed by atoms with Gasteiger partial charge in [-0.1, -0.05) is 30.3 Å². The third kappa shape index (κ3) is 4.00. The van der Waals surface area contributed by atoms with E-state index in [1.54, 1.807) is 22.9 Å². The smallest absolute Gasteiger partial charge is 0.254 e. The number of methoxy groups -OCH3 is 1. The first-order chi connectivity index (χ1) is 16.0. The van der Waals surface area contributed by atoms with Crippen molar-refractivity contribution in [1.82, 2.24) is 19.7 Å². The molecule has 5 rings (SSSR count). The first-order valence-corrected chi connectivity index (χ1v) is 11.0. The molecule has 0 radical (unpaired) electrons. The Balaban J connectivity index is 1.56. The minimum atomic E-state index is 0.0133. The number of rotatable bonds is 5. The molecule has 4 aromatic rings. The van der Waals surface area contributed by atoms with Crippen molar-refractivity contribution in [2.24, 2.45) is 7.05 Å². The van der Waals surface area contributed by atoms with Gasteiger partial charge in [0.15, 0.2) is 0 Å². The zero-order valence-corrected chi connectivity index (χ0v) is 19.1. The molecule has 2 aromatic heterocycles. The second-order valence-electron chi connectivity index (χ2n) is 8.46. The monoisotopic (exact) mass is 438 g/mol. The normalized spacial score (nSPS) is 14.0. The van der Waals surface area contributed by atoms with Crippen molar-refractivity contribution in [3.63, 3.8) is 0 Å². The second kappa shape index (κ2) is 8.54. The number of para-hydroxylation sites is 1. The van der Waals surface area contributed by atoms with Crippen molar-refractivity contribution < 1.29 is 9.53 Å². The van der Waals surface area contributed by atoms with Gasteiger partial charge < -0.3 is 9.64 Å². The van der Waals surface area contributed by atoms with Gasteiger partial charge in [-0.3, -0.25) is 9.48 Å². The van der Waals surface area contributed by atoms with Gasteiger partial charge in [-0.05, 0) is 53.8 Å². The second-order valence-corrected chi connectivity index (χ2v) is 8.46. The quantitative estimate of drug-likeness (QED) is 0.452. The molecule has 2 heterocycles. The molecule has 0 saturated carbocycles. The maximum Gasteiger partial charge on any atom is 0.254 e. The molecule has 6 nitrogen and oxygen atoms in total. The van der Waals surface area contributed by atoms with E-state index in [-0.39, 0.29) is 5.91 Å². The molecule has 2 aromatic carbocycles. The molecule has 0 spiro atoms. The highest BCUT2D eigenvalue weighted by atomic mass is 16.5. The lowest BCUT2D eigenvalue weighted by atomic mass is 9.99. The first kappa shape index (κ1) is 20.9. The van der Waals surface area contributed by atoms with Crippen LogP contribution in [-0.4, -0.2) is 39.7 Å². The van der Waals surface area contributed by atoms with Crippen LogP contribution in [0.4, 0.5) is 0 Å². The zero-order valence-electron chi connectivity index (χ0n) is 19.1. The Bertz CT molecular complexity index is 1370. The molecule has 1 aliphatic rings. The molecule has 0 saturated heterocycles. The number of amides is 1. The molecular weight excluding hydrogens is 412 g/mol. The van der Waals surface area contributed by atoms with Crippen LogP contribution in [0.2, 0.25) is 0 Å². The van der Waals surface area contributed by atoms with Gasteiger partial charge in [-0.2, -0.15) is 5.10 Å². The van der Waals surface area contributed by atoms with Gasteiger partial charge in [0.05, 0.1) is 30.1 Å². The van der Waals surface area contributed by atoms with Crippen molar-refractivity contribution in [3.05, 3.63) is 88.9 Å². The Morgan fingerprint density at radius 2 is 1.94 bits per heavy atom. The third-order valence-corrected chi connectivity index (χ3v) is 6.14. The van der Waals surface area contributed by atoms with Crippen LogP contribution in [0.5, 0.6) is 5.75 Å². The van der Waals surface area contributed by atoms with E-state index >= 15 is 0 Å². The highest BCUT2D eigenvalue weighted by molar-refractivity contribution is 6.09. The van der Waals surface area contributed by atoms with E-state index in [1.807, 2.05) is 68.8 Å². The summed E-state index contributed by atoms with van der Waals surface area (Å²) in [7, 11) is 5.39. The average Bonchev–Trinajstić information content (AvgIpc) is 3.43. The molecule has 1 amide bonds. The number of nitrogens with zero attached hydrogens (tertiary/aromatic N) is 4. The van der Waals surface area contributed by atoms with Crippen molar-refractivity contribution in [3.8, 4) is 5.75 Å². The molecule has 1 aliphatic carbocycles. The number of ether oxygens (including phenoxy) is 1. The molecule has 0 bridgehead atoms. The predicted octanol–water partition coefficient (Wildman–Crippen LogP) is 4.74. The molecule has 0 fully saturated rings. The number of pyridine rings is 1. The third-order valence-electron chi connectivity index (χ3n) is 6.14. The fourth-order valence-electron chi connectivity index (χ4n) is 4.51. The molecular formula is C27H26N4O2. The Hall–Kier alpha value is -3.93. The summed E-state index contributed by atoms with van der Waals surface area (Å²) in [6.07, 6.45) is 7.57. The summed E-state index contributed by atoms with van der Waals surface area (Å²) in [5.74, 6) is 0.844. The highest BCUT2D eigenvalue weighted by Crippen LogP contribution is 2.38. The number of fused-ring (bicyclic) bond motifs is 2. The summed E-state index contributed by atoms with van der Waals surface area (Å²) < 4.78 is 7.02. The molecule has 166 valence electrons. The number of allylic oxidation sites excluding steroid dienone is 1. The summed E-state index contributed by atoms with van der Waals surface area (Å²) in [5.41, 5.74) is 6.83. The topological polar surface area (TPSA) is 60.2 Å². The summed E-state index contributed by atoms with van der Waals surface area (Å²) in [6, 6.07) is 15.9. The largest absolute Gasteiger partial charge is 0.497 e. The Morgan fingerprint density at radius 3 is 2.67 bits per heavy atom. The minimum Gasteiger partial charge on any atom is -0.497 e. The maximum atomic E-state index is 13.7. The average molecular weight is 439 g/mol. The van der Waals surface area contributed by atoms with E-state index in [0.29, 0.717) is 6.54 Å². The highest BCUT2D eigenvalue weighted by Gasteiger charge is 2.28. The maximum absolute atomic E-state index is 13.7. The summed E-state index contributed by atoms with van der Waals surface area (Å²) >= 11 is 0. The Morgan fingerprint density at radius 1 is 1.15 bits per heavy atom. The van der Waals surface area contributed by atoms with Gasteiger partial charge in [0.25, 0.3) is 5.91 Å². The van der Waals surface area contributed by atoms with E-state index in [4.69, 9.17) is 9.72 Å². The van der Waals surface area contributed by atoms with Gasteiger partial charge in [-0.15, -0.1) is 0 Å². The van der Waals surface area contributed by atoms with E-state index in [2.05, 4.69) is 11.2 Å². The summed E-state index contributed by atoms with van der Waals surface area (Å²) in [5, 5.41) is 5.13. The zero-order chi connectivity index (χ0) is 22.9. The fourth-order valence-corrected chi connectivity index (χ4v) is 4.51. The predicted molar refractivity (Wildman–Crippen MR) is 130 cm³/mol. The van der Waals surface area contributed by atoms with Gasteiger partial charge in [0.2, 0.25) is 0 Å². The van der Waals surface area contributed by atoms with Crippen LogP contribution in [0.3, 0.4) is 0 Å². The lowest BCUT2D eigenvalue weighted by molar-refractivity contribution is 0.0786. The summed E-state index contributed by atoms with van der Waals surface area (Å²) in [4.78, 5) is 20.5. The Kier molecular flexibility index (Phi) is 5.42. The molecule has 6 heteroatoms. The van der Waals surface area contributed by atoms with Crippen LogP contribution in [0.25, 0.3) is 22.6 Å². The van der Waals surface area contributed by atoms with Gasteiger partial charge in [0, 0.05) is 37.8 Å². The van der Waals surface area contributed by atoms with Crippen LogP contribution in [0.1, 0.15) is 39.2 Å². The summed E-state index contributed by atoms with van der Waals surface area (Å²) in [6.45, 7) is 0.507. The molecule has 0 atom stereocenters. The fraction of sp³-hybridized carbons (Fsp3) is 0.222. The standard InChI is InChI=1S/C27H26N4O2/c1-30(16-19-15-28-31(2)17-19)27(32)25-22-6-4-5-7-24(22)29-26-20(10-13-23(25)26)14-18-8-11-21(33-3)12-9-18/h4-9,11-12,14-15,17H,10,13,16H2,1-3H3/b20-14+. The van der Waals surface area contributed by atoms with E-state index in [1.165, 1.54) is 0 Å². The number of hydrogen-bond acceptors (Lipinski definition) is 4. The number of aromatic nitrogens is 3. The number of carbonyl (C=O) groups excluding carboxylic acids is 1. The lowest BCUT2D eigenvalue weighted by Crippen LogP contribution is -2.27. The number of aryl methyl sites for hydroxylation is 1. The SMILES string of the molecule is COc1ccc(/C=C2\CCc3c2nc2ccccc2c3C(=O)N(C)Cc2cnn(C)c2)cc1. The van der Waals surface area contributed by atoms with Crippen LogP contribution < -0.4 is 4.74 Å². The van der Waals surface area contributed by atoms with Gasteiger partial charge in [0.1, 0.15) is 5.75 Å². The van der Waals surface area contributed by atoms with E-state index in [9.17, 15) is 4.79 Å². The van der Waals surface area contributed by atoms with Crippen molar-refractivity contribution in [1.29, 1.82) is 0 Å². The van der Waals surface area contributed by atoms with Crippen LogP contribution in [0.15, 0.2) is 60.9 Å². The number of carbonyl (C=O) groups is 1. The van der Waals surface area contributed by atoms with E-state index in [0.717, 1.165) is 63.0 Å². The number of hydrogen-bond donors (Lipinski definition) is 0. The van der Waals surface area contributed by atoms with Crippen LogP contribution in [0, 0.1) is 0 Å². The lowest BCUT2D eigenvalue weighted by Gasteiger charge is -2.20. The Labute approximate surface area is 193 Å². The van der Waals surface area contributed by atoms with Crippen LogP contribution in [-0.2, 0) is 20.0 Å².